The molecule has 1 N–H and O–H groups in total. The summed E-state index contributed by atoms with van der Waals surface area (Å²) in [5.74, 6) is 1.07. The second kappa shape index (κ2) is 7.91. The van der Waals surface area contributed by atoms with Crippen molar-refractivity contribution in [3.8, 4) is 0 Å². The molecular weight excluding hydrogens is 257 g/mol. The first-order chi connectivity index (χ1) is 8.91. The van der Waals surface area contributed by atoms with Gasteiger partial charge in [0.1, 0.15) is 5.82 Å². The van der Waals surface area contributed by atoms with E-state index in [1.165, 1.54) is 0 Å². The summed E-state index contributed by atoms with van der Waals surface area (Å²) < 4.78 is 14.0. The van der Waals surface area contributed by atoms with Crippen molar-refractivity contribution in [3.05, 3.63) is 29.6 Å². The van der Waals surface area contributed by atoms with Gasteiger partial charge >= 0.3 is 0 Å². The van der Waals surface area contributed by atoms with Crippen molar-refractivity contribution in [3.63, 3.8) is 0 Å². The van der Waals surface area contributed by atoms with Crippen molar-refractivity contribution in [2.24, 2.45) is 11.8 Å². The standard InChI is InChI=1S/C16H26FNS/c1-11(2)9-18-10-14-15(17)7-6-8-16(14)19-13(5)12(3)4/h6-8,11-13,18H,9-10H2,1-5H3. The van der Waals surface area contributed by atoms with E-state index in [0.29, 0.717) is 23.6 Å². The molecule has 0 aliphatic carbocycles. The average molecular weight is 283 g/mol. The third-order valence-corrected chi connectivity index (χ3v) is 4.73. The Labute approximate surface area is 121 Å². The van der Waals surface area contributed by atoms with E-state index >= 15 is 0 Å². The van der Waals surface area contributed by atoms with E-state index in [4.69, 9.17) is 0 Å². The second-order valence-corrected chi connectivity index (χ2v) is 7.23. The number of nitrogens with one attached hydrogen (secondary N) is 1. The molecule has 0 aliphatic heterocycles. The normalized spacial score (nSPS) is 13.3. The Morgan fingerprint density at radius 2 is 1.84 bits per heavy atom. The first-order valence-corrected chi connectivity index (χ1v) is 7.94. The molecule has 0 saturated carbocycles. The Balaban J connectivity index is 2.77. The summed E-state index contributed by atoms with van der Waals surface area (Å²) in [4.78, 5) is 1.07. The largest absolute Gasteiger partial charge is 0.312 e. The van der Waals surface area contributed by atoms with Crippen molar-refractivity contribution in [2.45, 2.75) is 51.3 Å². The summed E-state index contributed by atoms with van der Waals surface area (Å²) in [6.07, 6.45) is 0. The van der Waals surface area contributed by atoms with Gasteiger partial charge in [0.2, 0.25) is 0 Å². The van der Waals surface area contributed by atoms with Crippen molar-refractivity contribution >= 4 is 11.8 Å². The molecule has 1 aromatic rings. The predicted molar refractivity (Wildman–Crippen MR) is 83.1 cm³/mol. The monoisotopic (exact) mass is 283 g/mol. The van der Waals surface area contributed by atoms with Gasteiger partial charge in [-0.1, -0.05) is 40.7 Å². The highest BCUT2D eigenvalue weighted by Crippen LogP contribution is 2.31. The molecular formula is C16H26FNS. The smallest absolute Gasteiger partial charge is 0.128 e. The van der Waals surface area contributed by atoms with Gasteiger partial charge in [-0.2, -0.15) is 0 Å². The fourth-order valence-corrected chi connectivity index (χ4v) is 2.78. The van der Waals surface area contributed by atoms with Gasteiger partial charge in [0.25, 0.3) is 0 Å². The molecule has 0 fully saturated rings. The number of hydrogen-bond donors (Lipinski definition) is 1. The molecule has 3 heteroatoms. The lowest BCUT2D eigenvalue weighted by molar-refractivity contribution is 0.530. The lowest BCUT2D eigenvalue weighted by atomic mass is 10.1. The van der Waals surface area contributed by atoms with Crippen molar-refractivity contribution in [2.75, 3.05) is 6.54 Å². The Kier molecular flexibility index (Phi) is 6.87. The van der Waals surface area contributed by atoms with Gasteiger partial charge in [0.05, 0.1) is 0 Å². The first kappa shape index (κ1) is 16.5. The maximum atomic E-state index is 14.0. The quantitative estimate of drug-likeness (QED) is 0.727. The molecule has 0 saturated heterocycles. The summed E-state index contributed by atoms with van der Waals surface area (Å²) in [7, 11) is 0. The van der Waals surface area contributed by atoms with Gasteiger partial charge in [-0.3, -0.25) is 0 Å². The number of benzene rings is 1. The molecule has 19 heavy (non-hydrogen) atoms. The van der Waals surface area contributed by atoms with Crippen LogP contribution in [0.3, 0.4) is 0 Å². The zero-order valence-corrected chi connectivity index (χ0v) is 13.5. The van der Waals surface area contributed by atoms with Crippen LogP contribution in [0.25, 0.3) is 0 Å². The van der Waals surface area contributed by atoms with Crippen LogP contribution in [0.1, 0.15) is 40.2 Å². The van der Waals surface area contributed by atoms with Crippen molar-refractivity contribution in [1.29, 1.82) is 0 Å². The number of thioether (sulfide) groups is 1. The first-order valence-electron chi connectivity index (χ1n) is 7.06. The molecule has 1 nitrogen and oxygen atoms in total. The molecule has 0 aliphatic rings. The van der Waals surface area contributed by atoms with Crippen LogP contribution >= 0.6 is 11.8 Å². The van der Waals surface area contributed by atoms with E-state index in [1.807, 2.05) is 6.07 Å². The van der Waals surface area contributed by atoms with Crippen LogP contribution in [0.15, 0.2) is 23.1 Å². The topological polar surface area (TPSA) is 12.0 Å². The highest BCUT2D eigenvalue weighted by atomic mass is 32.2. The summed E-state index contributed by atoms with van der Waals surface area (Å²) in [6, 6.07) is 5.38. The van der Waals surface area contributed by atoms with Gasteiger partial charge in [0.15, 0.2) is 0 Å². The zero-order chi connectivity index (χ0) is 14.4. The molecule has 0 aromatic heterocycles. The lowest BCUT2D eigenvalue weighted by Gasteiger charge is -2.18. The number of hydrogen-bond acceptors (Lipinski definition) is 2. The van der Waals surface area contributed by atoms with E-state index < -0.39 is 0 Å². The highest BCUT2D eigenvalue weighted by molar-refractivity contribution is 8.00. The highest BCUT2D eigenvalue weighted by Gasteiger charge is 2.14. The SMILES string of the molecule is CC(C)CNCc1c(F)cccc1SC(C)C(C)C. The molecule has 1 aromatic carbocycles. The Hall–Kier alpha value is -0.540. The maximum absolute atomic E-state index is 14.0. The van der Waals surface area contributed by atoms with E-state index in [-0.39, 0.29) is 5.82 Å². The van der Waals surface area contributed by atoms with Crippen molar-refractivity contribution < 1.29 is 4.39 Å². The molecule has 1 unspecified atom stereocenters. The van der Waals surface area contributed by atoms with Crippen LogP contribution in [0, 0.1) is 17.7 Å². The van der Waals surface area contributed by atoms with Crippen LogP contribution in [0.2, 0.25) is 0 Å². The minimum absolute atomic E-state index is 0.0998. The molecule has 0 spiro atoms. The third kappa shape index (κ3) is 5.53. The summed E-state index contributed by atoms with van der Waals surface area (Å²) in [5.41, 5.74) is 0.806. The lowest BCUT2D eigenvalue weighted by Crippen LogP contribution is -2.20. The maximum Gasteiger partial charge on any atom is 0.128 e. The van der Waals surface area contributed by atoms with E-state index in [2.05, 4.69) is 39.9 Å². The van der Waals surface area contributed by atoms with Gasteiger partial charge in [-0.15, -0.1) is 11.8 Å². The van der Waals surface area contributed by atoms with E-state index in [1.54, 1.807) is 23.9 Å². The Bertz CT molecular complexity index is 390. The van der Waals surface area contributed by atoms with E-state index in [0.717, 1.165) is 17.0 Å². The average Bonchev–Trinajstić information content (AvgIpc) is 2.32. The zero-order valence-electron chi connectivity index (χ0n) is 12.7. The molecule has 0 heterocycles. The van der Waals surface area contributed by atoms with Crippen LogP contribution in [-0.4, -0.2) is 11.8 Å². The van der Waals surface area contributed by atoms with Gasteiger partial charge < -0.3 is 5.32 Å². The summed E-state index contributed by atoms with van der Waals surface area (Å²) in [6.45, 7) is 12.4. The van der Waals surface area contributed by atoms with Crippen LogP contribution < -0.4 is 5.32 Å². The molecule has 0 radical (unpaired) electrons. The van der Waals surface area contributed by atoms with Gasteiger partial charge in [-0.05, 0) is 30.5 Å². The Morgan fingerprint density at radius 3 is 2.42 bits per heavy atom. The fourth-order valence-electron chi connectivity index (χ4n) is 1.64. The van der Waals surface area contributed by atoms with Gasteiger partial charge in [0, 0.05) is 22.3 Å². The third-order valence-electron chi connectivity index (χ3n) is 3.18. The molecule has 0 bridgehead atoms. The Morgan fingerprint density at radius 1 is 1.16 bits per heavy atom. The van der Waals surface area contributed by atoms with Gasteiger partial charge in [-0.25, -0.2) is 4.39 Å². The summed E-state index contributed by atoms with van der Waals surface area (Å²) >= 11 is 1.77. The van der Waals surface area contributed by atoms with E-state index in [9.17, 15) is 4.39 Å². The molecule has 1 rings (SSSR count). The number of rotatable bonds is 7. The van der Waals surface area contributed by atoms with Crippen LogP contribution in [-0.2, 0) is 6.54 Å². The molecule has 108 valence electrons. The van der Waals surface area contributed by atoms with Crippen LogP contribution in [0.5, 0.6) is 0 Å². The van der Waals surface area contributed by atoms with Crippen molar-refractivity contribution in [1.82, 2.24) is 5.32 Å². The molecule has 0 amide bonds. The second-order valence-electron chi connectivity index (χ2n) is 5.81. The minimum Gasteiger partial charge on any atom is -0.312 e. The predicted octanol–water partition coefficient (Wildman–Crippen LogP) is 4.71. The fraction of sp³-hybridized carbons (Fsp3) is 0.625. The minimum atomic E-state index is -0.0998. The molecule has 1 atom stereocenters. The van der Waals surface area contributed by atoms with Crippen LogP contribution in [0.4, 0.5) is 4.39 Å². The number of halogens is 1. The summed E-state index contributed by atoms with van der Waals surface area (Å²) in [5, 5.41) is 3.82.